The molecule has 7 nitrogen and oxygen atoms in total. The van der Waals surface area contributed by atoms with Crippen LogP contribution in [0.2, 0.25) is 0 Å². The number of amides is 1. The molecule has 2 heterocycles. The van der Waals surface area contributed by atoms with Crippen LogP contribution in [-0.4, -0.2) is 40.2 Å². The maximum atomic E-state index is 12.6. The van der Waals surface area contributed by atoms with E-state index in [9.17, 15) is 9.59 Å². The van der Waals surface area contributed by atoms with E-state index in [4.69, 9.17) is 4.74 Å². The molecule has 1 amide bonds. The van der Waals surface area contributed by atoms with Gasteiger partial charge in [-0.15, -0.1) is 0 Å². The smallest absolute Gasteiger partial charge is 0.283 e. The van der Waals surface area contributed by atoms with E-state index in [1.54, 1.807) is 25.4 Å². The highest BCUT2D eigenvalue weighted by Crippen LogP contribution is 2.18. The number of nitrogens with one attached hydrogen (secondary N) is 1. The predicted octanol–water partition coefficient (Wildman–Crippen LogP) is 1.11. The van der Waals surface area contributed by atoms with Gasteiger partial charge in [0.25, 0.3) is 11.5 Å². The van der Waals surface area contributed by atoms with Crippen molar-refractivity contribution in [2.45, 2.75) is 38.3 Å². The van der Waals surface area contributed by atoms with Crippen LogP contribution in [-0.2, 0) is 11.3 Å². The van der Waals surface area contributed by atoms with Crippen LogP contribution in [0.15, 0.2) is 23.1 Å². The second kappa shape index (κ2) is 6.87. The average Bonchev–Trinajstić information content (AvgIpc) is 3.06. The molecular formula is C16H20N4O3. The molecule has 1 aliphatic rings. The molecule has 0 unspecified atom stereocenters. The Labute approximate surface area is 133 Å². The summed E-state index contributed by atoms with van der Waals surface area (Å²) in [6.07, 6.45) is 5.73. The minimum absolute atomic E-state index is 0.0755. The normalized spacial score (nSPS) is 15.2. The van der Waals surface area contributed by atoms with Crippen LogP contribution in [0.4, 0.5) is 0 Å². The standard InChI is InChI=1S/C16H20N4O3/c1-23-10-9-20-14-12(7-4-8-17-14)19-13(16(20)22)15(21)18-11-5-2-3-6-11/h4,7-8,11H,2-3,5-6,9-10H2,1H3,(H,18,21). The molecule has 1 fully saturated rings. The molecule has 2 aromatic rings. The van der Waals surface area contributed by atoms with Crippen LogP contribution in [0, 0.1) is 0 Å². The van der Waals surface area contributed by atoms with Crippen molar-refractivity contribution in [3.05, 3.63) is 34.4 Å². The number of aromatic nitrogens is 3. The van der Waals surface area contributed by atoms with Gasteiger partial charge in [-0.25, -0.2) is 9.97 Å². The van der Waals surface area contributed by atoms with E-state index in [0.29, 0.717) is 24.3 Å². The van der Waals surface area contributed by atoms with Gasteiger partial charge in [0.05, 0.1) is 13.2 Å². The SMILES string of the molecule is COCCn1c(=O)c(C(=O)NC2CCCC2)nc2cccnc21. The second-order valence-electron chi connectivity index (χ2n) is 5.71. The summed E-state index contributed by atoms with van der Waals surface area (Å²) in [6.45, 7) is 0.689. The Kier molecular flexibility index (Phi) is 4.66. The van der Waals surface area contributed by atoms with Gasteiger partial charge in [-0.2, -0.15) is 0 Å². The Morgan fingerprint density at radius 2 is 2.22 bits per heavy atom. The van der Waals surface area contributed by atoms with Gasteiger partial charge in [0, 0.05) is 19.3 Å². The third-order valence-electron chi connectivity index (χ3n) is 4.13. The first-order chi connectivity index (χ1) is 11.2. The highest BCUT2D eigenvalue weighted by molar-refractivity contribution is 5.93. The number of pyridine rings is 1. The molecule has 2 aromatic heterocycles. The zero-order valence-electron chi connectivity index (χ0n) is 13.1. The maximum absolute atomic E-state index is 12.6. The van der Waals surface area contributed by atoms with Crippen LogP contribution in [0.1, 0.15) is 36.2 Å². The molecule has 0 atom stereocenters. The van der Waals surface area contributed by atoms with Crippen LogP contribution >= 0.6 is 0 Å². The minimum Gasteiger partial charge on any atom is -0.383 e. The van der Waals surface area contributed by atoms with E-state index in [1.165, 1.54) is 4.57 Å². The van der Waals surface area contributed by atoms with E-state index in [1.807, 2.05) is 0 Å². The van der Waals surface area contributed by atoms with Crippen molar-refractivity contribution in [2.24, 2.45) is 0 Å². The van der Waals surface area contributed by atoms with Gasteiger partial charge in [-0.3, -0.25) is 14.2 Å². The van der Waals surface area contributed by atoms with Gasteiger partial charge in [-0.1, -0.05) is 12.8 Å². The molecule has 1 saturated carbocycles. The third kappa shape index (κ3) is 3.24. The van der Waals surface area contributed by atoms with Gasteiger partial charge in [0.1, 0.15) is 5.52 Å². The van der Waals surface area contributed by atoms with Crippen molar-refractivity contribution in [1.82, 2.24) is 19.9 Å². The number of rotatable bonds is 5. The monoisotopic (exact) mass is 316 g/mol. The lowest BCUT2D eigenvalue weighted by Gasteiger charge is -2.13. The maximum Gasteiger partial charge on any atom is 0.283 e. The summed E-state index contributed by atoms with van der Waals surface area (Å²) in [5, 5.41) is 2.92. The van der Waals surface area contributed by atoms with Gasteiger partial charge < -0.3 is 10.1 Å². The zero-order valence-corrected chi connectivity index (χ0v) is 13.1. The lowest BCUT2D eigenvalue weighted by Crippen LogP contribution is -2.39. The van der Waals surface area contributed by atoms with Crippen LogP contribution < -0.4 is 10.9 Å². The summed E-state index contributed by atoms with van der Waals surface area (Å²) in [5.41, 5.74) is 0.490. The fourth-order valence-corrected chi connectivity index (χ4v) is 2.94. The first-order valence-electron chi connectivity index (χ1n) is 7.86. The molecule has 0 saturated heterocycles. The summed E-state index contributed by atoms with van der Waals surface area (Å²) in [5.74, 6) is -0.404. The van der Waals surface area contributed by atoms with Gasteiger partial charge >= 0.3 is 0 Å². The Hall–Kier alpha value is -2.28. The number of carbonyl (C=O) groups excluding carboxylic acids is 1. The molecule has 0 spiro atoms. The fraction of sp³-hybridized carbons (Fsp3) is 0.500. The highest BCUT2D eigenvalue weighted by atomic mass is 16.5. The Bertz CT molecular complexity index is 765. The van der Waals surface area contributed by atoms with Crippen molar-refractivity contribution in [1.29, 1.82) is 0 Å². The molecule has 0 bridgehead atoms. The molecule has 23 heavy (non-hydrogen) atoms. The summed E-state index contributed by atoms with van der Waals surface area (Å²) in [6, 6.07) is 3.62. The number of ether oxygens (including phenoxy) is 1. The summed E-state index contributed by atoms with van der Waals surface area (Å²) < 4.78 is 6.50. The molecular weight excluding hydrogens is 296 g/mol. The largest absolute Gasteiger partial charge is 0.383 e. The van der Waals surface area contributed by atoms with Crippen molar-refractivity contribution < 1.29 is 9.53 Å². The molecule has 0 radical (unpaired) electrons. The number of hydrogen-bond acceptors (Lipinski definition) is 5. The van der Waals surface area contributed by atoms with Gasteiger partial charge in [0.15, 0.2) is 11.3 Å². The van der Waals surface area contributed by atoms with E-state index in [0.717, 1.165) is 25.7 Å². The molecule has 0 aliphatic heterocycles. The number of carbonyl (C=O) groups is 1. The Balaban J connectivity index is 2.00. The minimum atomic E-state index is -0.427. The van der Waals surface area contributed by atoms with Crippen molar-refractivity contribution in [3.63, 3.8) is 0 Å². The van der Waals surface area contributed by atoms with Crippen LogP contribution in [0.25, 0.3) is 11.2 Å². The Morgan fingerprint density at radius 3 is 2.96 bits per heavy atom. The van der Waals surface area contributed by atoms with Crippen LogP contribution in [0.3, 0.4) is 0 Å². The third-order valence-corrected chi connectivity index (χ3v) is 4.13. The van der Waals surface area contributed by atoms with Crippen LogP contribution in [0.5, 0.6) is 0 Å². The summed E-state index contributed by atoms with van der Waals surface area (Å²) >= 11 is 0. The number of hydrogen-bond donors (Lipinski definition) is 1. The molecule has 1 N–H and O–H groups in total. The quantitative estimate of drug-likeness (QED) is 0.893. The number of fused-ring (bicyclic) bond motifs is 1. The number of nitrogens with zero attached hydrogens (tertiary/aromatic N) is 3. The van der Waals surface area contributed by atoms with Crippen molar-refractivity contribution in [3.8, 4) is 0 Å². The summed E-state index contributed by atoms with van der Waals surface area (Å²) in [4.78, 5) is 33.5. The van der Waals surface area contributed by atoms with Gasteiger partial charge in [0.2, 0.25) is 0 Å². The lowest BCUT2D eigenvalue weighted by atomic mass is 10.2. The lowest BCUT2D eigenvalue weighted by molar-refractivity contribution is 0.0930. The predicted molar refractivity (Wildman–Crippen MR) is 85.4 cm³/mol. The van der Waals surface area contributed by atoms with Crippen molar-refractivity contribution >= 4 is 17.1 Å². The molecule has 0 aromatic carbocycles. The average molecular weight is 316 g/mol. The molecule has 122 valence electrons. The fourth-order valence-electron chi connectivity index (χ4n) is 2.94. The second-order valence-corrected chi connectivity index (χ2v) is 5.71. The first kappa shape index (κ1) is 15.6. The highest BCUT2D eigenvalue weighted by Gasteiger charge is 2.22. The van der Waals surface area contributed by atoms with Gasteiger partial charge in [-0.05, 0) is 25.0 Å². The van der Waals surface area contributed by atoms with E-state index < -0.39 is 11.5 Å². The van der Waals surface area contributed by atoms with Crippen molar-refractivity contribution in [2.75, 3.05) is 13.7 Å². The summed E-state index contributed by atoms with van der Waals surface area (Å²) in [7, 11) is 1.57. The Morgan fingerprint density at radius 1 is 1.43 bits per heavy atom. The molecule has 7 heteroatoms. The number of methoxy groups -OCH3 is 1. The zero-order chi connectivity index (χ0) is 16.2. The first-order valence-corrected chi connectivity index (χ1v) is 7.86. The molecule has 3 rings (SSSR count). The van der Waals surface area contributed by atoms with E-state index in [-0.39, 0.29) is 11.7 Å². The topological polar surface area (TPSA) is 86.1 Å². The van der Waals surface area contributed by atoms with E-state index in [2.05, 4.69) is 15.3 Å². The van der Waals surface area contributed by atoms with E-state index >= 15 is 0 Å². The molecule has 1 aliphatic carbocycles.